The van der Waals surface area contributed by atoms with Crippen LogP contribution in [0.15, 0.2) is 43.2 Å². The van der Waals surface area contributed by atoms with Crippen molar-refractivity contribution in [1.29, 1.82) is 0 Å². The van der Waals surface area contributed by atoms with Crippen LogP contribution in [0.1, 0.15) is 18.4 Å². The maximum absolute atomic E-state index is 13.3. The van der Waals surface area contributed by atoms with Crippen molar-refractivity contribution < 1.29 is 23.8 Å². The van der Waals surface area contributed by atoms with Crippen LogP contribution in [0.5, 0.6) is 11.5 Å². The Labute approximate surface area is 283 Å². The van der Waals surface area contributed by atoms with E-state index in [2.05, 4.69) is 37.0 Å². The standard InChI is InChI=1S/C32H38Cl2N8O5/c1-19(31(35)43)22-15-21(41-9-7-20(8-10-41)42-11-13-47-14-12-42)5-6-23(22)38-26-17-27(37-18-36-26)40(2)32(44)39-30-28(33)24(45-3)16-25(46-4)29(30)34/h5-6,15-18,20H,1,7-14H2,2-4H3,(H2,35,43)(H,39,44)(H,36,37,38). The molecule has 250 valence electrons. The Kier molecular flexibility index (Phi) is 10.9. The number of piperidine rings is 1. The number of ether oxygens (including phenoxy) is 3. The molecule has 0 radical (unpaired) electrons. The zero-order valence-electron chi connectivity index (χ0n) is 26.5. The highest BCUT2D eigenvalue weighted by Gasteiger charge is 2.27. The molecule has 0 aliphatic carbocycles. The summed E-state index contributed by atoms with van der Waals surface area (Å²) in [7, 11) is 4.40. The Hall–Kier alpha value is -4.30. The van der Waals surface area contributed by atoms with E-state index in [1.54, 1.807) is 6.07 Å². The number of rotatable bonds is 10. The van der Waals surface area contributed by atoms with Crippen LogP contribution in [0.4, 0.5) is 33.5 Å². The van der Waals surface area contributed by atoms with E-state index in [4.69, 9.17) is 43.1 Å². The summed E-state index contributed by atoms with van der Waals surface area (Å²) in [5.74, 6) is 0.540. The number of aromatic nitrogens is 2. The molecular formula is C32H38Cl2N8O5. The third kappa shape index (κ3) is 7.65. The van der Waals surface area contributed by atoms with Gasteiger partial charge in [-0.1, -0.05) is 29.8 Å². The van der Waals surface area contributed by atoms with E-state index < -0.39 is 11.9 Å². The van der Waals surface area contributed by atoms with Crippen LogP contribution in [-0.2, 0) is 9.53 Å². The molecule has 2 fully saturated rings. The summed E-state index contributed by atoms with van der Waals surface area (Å²) in [5, 5.41) is 6.14. The van der Waals surface area contributed by atoms with Gasteiger partial charge in [-0.15, -0.1) is 0 Å². The van der Waals surface area contributed by atoms with Crippen LogP contribution in [0.3, 0.4) is 0 Å². The van der Waals surface area contributed by atoms with Gasteiger partial charge in [0.05, 0.1) is 33.1 Å². The molecular weight excluding hydrogens is 647 g/mol. The number of benzene rings is 2. The molecule has 0 atom stereocenters. The number of anilines is 5. The smallest absolute Gasteiger partial charge is 0.327 e. The first-order valence-corrected chi connectivity index (χ1v) is 15.8. The van der Waals surface area contributed by atoms with E-state index in [1.807, 2.05) is 18.2 Å². The Morgan fingerprint density at radius 2 is 1.68 bits per heavy atom. The van der Waals surface area contributed by atoms with E-state index in [0.29, 0.717) is 23.1 Å². The van der Waals surface area contributed by atoms with Crippen LogP contribution in [-0.4, -0.2) is 93.5 Å². The fourth-order valence-corrected chi connectivity index (χ4v) is 6.27. The predicted molar refractivity (Wildman–Crippen MR) is 185 cm³/mol. The number of methoxy groups -OCH3 is 2. The number of urea groups is 1. The quantitative estimate of drug-likeness (QED) is 0.249. The van der Waals surface area contributed by atoms with E-state index in [-0.39, 0.29) is 38.6 Å². The number of primary amides is 1. The average Bonchev–Trinajstić information content (AvgIpc) is 3.10. The Balaban J connectivity index is 1.32. The van der Waals surface area contributed by atoms with E-state index in [1.165, 1.54) is 38.6 Å². The molecule has 13 nitrogen and oxygen atoms in total. The van der Waals surface area contributed by atoms with Crippen LogP contribution < -0.4 is 35.6 Å². The first-order valence-electron chi connectivity index (χ1n) is 15.0. The number of halogens is 2. The molecule has 15 heteroatoms. The first-order chi connectivity index (χ1) is 22.6. The van der Waals surface area contributed by atoms with Crippen molar-refractivity contribution in [2.24, 2.45) is 5.73 Å². The van der Waals surface area contributed by atoms with Crippen molar-refractivity contribution in [2.75, 3.05) is 81.1 Å². The Morgan fingerprint density at radius 3 is 2.30 bits per heavy atom. The summed E-state index contributed by atoms with van der Waals surface area (Å²) < 4.78 is 16.1. The summed E-state index contributed by atoms with van der Waals surface area (Å²) in [6.07, 6.45) is 3.40. The fourth-order valence-electron chi connectivity index (χ4n) is 5.68. The Morgan fingerprint density at radius 1 is 1.02 bits per heavy atom. The van der Waals surface area contributed by atoms with Crippen LogP contribution in [0, 0.1) is 0 Å². The number of carbonyl (C=O) groups excluding carboxylic acids is 2. The summed E-state index contributed by atoms with van der Waals surface area (Å²) in [4.78, 5) is 40.2. The highest BCUT2D eigenvalue weighted by Crippen LogP contribution is 2.44. The monoisotopic (exact) mass is 684 g/mol. The second-order valence-corrected chi connectivity index (χ2v) is 11.9. The second-order valence-electron chi connectivity index (χ2n) is 11.1. The van der Waals surface area contributed by atoms with Crippen molar-refractivity contribution in [3.05, 3.63) is 58.8 Å². The molecule has 2 aromatic carbocycles. The van der Waals surface area contributed by atoms with Gasteiger partial charge in [0.25, 0.3) is 0 Å². The molecule has 3 heterocycles. The molecule has 0 saturated carbocycles. The van der Waals surface area contributed by atoms with Gasteiger partial charge in [-0.25, -0.2) is 14.8 Å². The molecule has 3 aromatic rings. The number of hydrogen-bond acceptors (Lipinski definition) is 10. The van der Waals surface area contributed by atoms with Gasteiger partial charge in [0.15, 0.2) is 0 Å². The molecule has 0 unspecified atom stereocenters. The van der Waals surface area contributed by atoms with Crippen molar-refractivity contribution >= 4 is 69.4 Å². The molecule has 2 aliphatic heterocycles. The maximum Gasteiger partial charge on any atom is 0.327 e. The zero-order valence-corrected chi connectivity index (χ0v) is 28.0. The fraction of sp³-hybridized carbons (Fsp3) is 0.375. The molecule has 2 aliphatic rings. The summed E-state index contributed by atoms with van der Waals surface area (Å²) in [6, 6.07) is 8.83. The first kappa shape index (κ1) is 34.0. The number of amides is 3. The highest BCUT2D eigenvalue weighted by atomic mass is 35.5. The van der Waals surface area contributed by atoms with Gasteiger partial charge in [-0.3, -0.25) is 14.6 Å². The molecule has 0 bridgehead atoms. The lowest BCUT2D eigenvalue weighted by Gasteiger charge is -2.41. The van der Waals surface area contributed by atoms with Crippen molar-refractivity contribution in [3.63, 3.8) is 0 Å². The average molecular weight is 686 g/mol. The minimum atomic E-state index is -0.637. The number of nitrogens with one attached hydrogen (secondary N) is 2. The number of nitrogens with zero attached hydrogens (tertiary/aromatic N) is 5. The van der Waals surface area contributed by atoms with Gasteiger partial charge < -0.3 is 35.5 Å². The molecule has 2 saturated heterocycles. The third-order valence-corrected chi connectivity index (χ3v) is 9.14. The molecule has 47 heavy (non-hydrogen) atoms. The largest absolute Gasteiger partial charge is 0.495 e. The predicted octanol–water partition coefficient (Wildman–Crippen LogP) is 5.01. The minimum Gasteiger partial charge on any atom is -0.495 e. The maximum atomic E-state index is 13.3. The molecule has 0 spiro atoms. The number of carbonyl (C=O) groups is 2. The number of nitrogens with two attached hydrogens (primary N) is 1. The highest BCUT2D eigenvalue weighted by molar-refractivity contribution is 6.41. The van der Waals surface area contributed by atoms with Gasteiger partial charge in [0, 0.05) is 73.9 Å². The van der Waals surface area contributed by atoms with Crippen LogP contribution >= 0.6 is 23.2 Å². The minimum absolute atomic E-state index is 0.109. The lowest BCUT2D eigenvalue weighted by Crippen LogP contribution is -2.49. The second kappa shape index (κ2) is 15.1. The number of hydrogen-bond donors (Lipinski definition) is 3. The van der Waals surface area contributed by atoms with E-state index in [9.17, 15) is 9.59 Å². The lowest BCUT2D eigenvalue weighted by atomic mass is 9.99. The topological polar surface area (TPSA) is 147 Å². The van der Waals surface area contributed by atoms with Gasteiger partial charge in [-0.2, -0.15) is 0 Å². The number of morpholine rings is 1. The van der Waals surface area contributed by atoms with Crippen LogP contribution in [0.2, 0.25) is 10.0 Å². The van der Waals surface area contributed by atoms with E-state index >= 15 is 0 Å². The Bertz CT molecular complexity index is 1620. The van der Waals surface area contributed by atoms with Gasteiger partial charge in [0.2, 0.25) is 5.91 Å². The molecule has 4 N–H and O–H groups in total. The van der Waals surface area contributed by atoms with Crippen molar-refractivity contribution in [2.45, 2.75) is 18.9 Å². The summed E-state index contributed by atoms with van der Waals surface area (Å²) in [6.45, 7) is 9.24. The third-order valence-electron chi connectivity index (χ3n) is 8.39. The normalized spacial score (nSPS) is 15.6. The van der Waals surface area contributed by atoms with Crippen molar-refractivity contribution in [3.8, 4) is 11.5 Å². The zero-order chi connectivity index (χ0) is 33.7. The van der Waals surface area contributed by atoms with Crippen LogP contribution in [0.25, 0.3) is 5.57 Å². The molecule has 3 amide bonds. The molecule has 1 aromatic heterocycles. The lowest BCUT2D eigenvalue weighted by molar-refractivity contribution is -0.112. The molecule has 5 rings (SSSR count). The van der Waals surface area contributed by atoms with Gasteiger partial charge in [0.1, 0.15) is 39.5 Å². The van der Waals surface area contributed by atoms with Gasteiger partial charge in [-0.05, 0) is 31.0 Å². The SMILES string of the molecule is C=C(C(N)=O)c1cc(N2CCC(N3CCOCC3)CC2)ccc1Nc1cc(N(C)C(=O)Nc2c(Cl)c(OC)cc(OC)c2Cl)ncn1. The van der Waals surface area contributed by atoms with Crippen molar-refractivity contribution in [1.82, 2.24) is 14.9 Å². The van der Waals surface area contributed by atoms with Gasteiger partial charge >= 0.3 is 6.03 Å². The summed E-state index contributed by atoms with van der Waals surface area (Å²) in [5.41, 5.74) is 8.04. The summed E-state index contributed by atoms with van der Waals surface area (Å²) >= 11 is 12.9. The van der Waals surface area contributed by atoms with E-state index in [0.717, 1.165) is 57.9 Å².